The molecule has 1 saturated heterocycles. The number of piperidine rings is 1. The Morgan fingerprint density at radius 2 is 2.00 bits per heavy atom. The summed E-state index contributed by atoms with van der Waals surface area (Å²) in [4.78, 5) is 21.0. The van der Waals surface area contributed by atoms with Crippen molar-refractivity contribution in [2.75, 3.05) is 23.3 Å². The SMILES string of the molecule is O=C(Nc1nc2c(s1)CCCC2)[C@@H]1CCCN(c2ccc(-n3cccn3)nn2)C1. The number of aromatic nitrogens is 5. The predicted octanol–water partition coefficient (Wildman–Crippen LogP) is 2.85. The van der Waals surface area contributed by atoms with Gasteiger partial charge in [-0.3, -0.25) is 4.79 Å². The van der Waals surface area contributed by atoms with Crippen molar-refractivity contribution in [3.63, 3.8) is 0 Å². The van der Waals surface area contributed by atoms with Gasteiger partial charge < -0.3 is 10.2 Å². The summed E-state index contributed by atoms with van der Waals surface area (Å²) in [5, 5.41) is 16.6. The lowest BCUT2D eigenvalue weighted by Gasteiger charge is -2.32. The van der Waals surface area contributed by atoms with E-state index in [0.717, 1.165) is 43.2 Å². The van der Waals surface area contributed by atoms with Crippen molar-refractivity contribution in [3.8, 4) is 5.82 Å². The molecule has 3 aromatic rings. The fourth-order valence-corrected chi connectivity index (χ4v) is 5.08. The van der Waals surface area contributed by atoms with Gasteiger partial charge >= 0.3 is 0 Å². The van der Waals surface area contributed by atoms with Gasteiger partial charge in [-0.05, 0) is 56.7 Å². The first-order chi connectivity index (χ1) is 14.3. The third-order valence-electron chi connectivity index (χ3n) is 5.57. The highest BCUT2D eigenvalue weighted by atomic mass is 32.1. The van der Waals surface area contributed by atoms with E-state index in [4.69, 9.17) is 0 Å². The van der Waals surface area contributed by atoms with Crippen LogP contribution in [0.3, 0.4) is 0 Å². The summed E-state index contributed by atoms with van der Waals surface area (Å²) < 4.78 is 1.68. The molecular weight excluding hydrogens is 386 g/mol. The fraction of sp³-hybridized carbons (Fsp3) is 0.450. The Bertz CT molecular complexity index is 959. The molecule has 150 valence electrons. The van der Waals surface area contributed by atoms with Gasteiger partial charge in [-0.2, -0.15) is 5.10 Å². The van der Waals surface area contributed by atoms with Crippen LogP contribution in [0, 0.1) is 5.92 Å². The van der Waals surface area contributed by atoms with Crippen LogP contribution in [0.4, 0.5) is 10.9 Å². The maximum atomic E-state index is 12.8. The van der Waals surface area contributed by atoms with Gasteiger partial charge in [0.15, 0.2) is 16.8 Å². The highest BCUT2D eigenvalue weighted by Crippen LogP contribution is 2.30. The monoisotopic (exact) mass is 409 g/mol. The molecule has 2 aliphatic rings. The molecule has 0 radical (unpaired) electrons. The number of aryl methyl sites for hydroxylation is 2. The molecule has 0 spiro atoms. The van der Waals surface area contributed by atoms with E-state index in [9.17, 15) is 4.79 Å². The number of hydrogen-bond acceptors (Lipinski definition) is 7. The van der Waals surface area contributed by atoms with Crippen molar-refractivity contribution in [2.45, 2.75) is 38.5 Å². The molecule has 0 saturated carbocycles. The standard InChI is InChI=1S/C20H23N7OS/c28-19(23-20-22-15-6-1-2-7-16(15)29-20)14-5-3-11-26(13-14)17-8-9-18(25-24-17)27-12-4-10-21-27/h4,8-10,12,14H,1-3,5-7,11,13H2,(H,22,23,28)/t14-/m1/s1. The van der Waals surface area contributed by atoms with Crippen molar-refractivity contribution in [2.24, 2.45) is 5.92 Å². The second-order valence-electron chi connectivity index (χ2n) is 7.57. The number of fused-ring (bicyclic) bond motifs is 1. The number of amides is 1. The van der Waals surface area contributed by atoms with Crippen molar-refractivity contribution in [1.29, 1.82) is 0 Å². The van der Waals surface area contributed by atoms with Gasteiger partial charge in [0, 0.05) is 30.4 Å². The zero-order valence-electron chi connectivity index (χ0n) is 16.1. The van der Waals surface area contributed by atoms with E-state index in [-0.39, 0.29) is 11.8 Å². The Morgan fingerprint density at radius 1 is 1.14 bits per heavy atom. The third kappa shape index (κ3) is 3.87. The second-order valence-corrected chi connectivity index (χ2v) is 8.65. The van der Waals surface area contributed by atoms with Gasteiger partial charge in [0.05, 0.1) is 11.6 Å². The van der Waals surface area contributed by atoms with Crippen LogP contribution in [0.1, 0.15) is 36.3 Å². The zero-order chi connectivity index (χ0) is 19.6. The average molecular weight is 410 g/mol. The van der Waals surface area contributed by atoms with Gasteiger partial charge in [0.25, 0.3) is 0 Å². The number of nitrogens with zero attached hydrogens (tertiary/aromatic N) is 6. The highest BCUT2D eigenvalue weighted by molar-refractivity contribution is 7.15. The Kier molecular flexibility index (Phi) is 4.97. The Balaban J connectivity index is 1.24. The average Bonchev–Trinajstić information content (AvgIpc) is 3.43. The number of carbonyl (C=O) groups is 1. The van der Waals surface area contributed by atoms with Crippen LogP contribution >= 0.6 is 11.3 Å². The first-order valence-electron chi connectivity index (χ1n) is 10.1. The van der Waals surface area contributed by atoms with Crippen LogP contribution in [0.5, 0.6) is 0 Å². The topological polar surface area (TPSA) is 88.8 Å². The lowest BCUT2D eigenvalue weighted by atomic mass is 9.97. The van der Waals surface area contributed by atoms with Gasteiger partial charge in [-0.25, -0.2) is 9.67 Å². The normalized spacial score (nSPS) is 19.0. The molecular formula is C20H23N7OS. The molecule has 29 heavy (non-hydrogen) atoms. The molecule has 3 aromatic heterocycles. The van der Waals surface area contributed by atoms with E-state index < -0.39 is 0 Å². The second kappa shape index (κ2) is 7.90. The van der Waals surface area contributed by atoms with E-state index in [0.29, 0.717) is 12.4 Å². The zero-order valence-corrected chi connectivity index (χ0v) is 16.9. The molecule has 4 heterocycles. The van der Waals surface area contributed by atoms with Crippen molar-refractivity contribution in [1.82, 2.24) is 25.0 Å². The smallest absolute Gasteiger partial charge is 0.231 e. The summed E-state index contributed by atoms with van der Waals surface area (Å²) in [6.07, 6.45) is 9.92. The highest BCUT2D eigenvalue weighted by Gasteiger charge is 2.28. The third-order valence-corrected chi connectivity index (χ3v) is 6.64. The molecule has 8 nitrogen and oxygen atoms in total. The quantitative estimate of drug-likeness (QED) is 0.713. The van der Waals surface area contributed by atoms with Crippen molar-refractivity contribution >= 4 is 28.2 Å². The number of nitrogens with one attached hydrogen (secondary N) is 1. The minimum absolute atomic E-state index is 0.0573. The maximum Gasteiger partial charge on any atom is 0.231 e. The molecule has 0 unspecified atom stereocenters. The lowest BCUT2D eigenvalue weighted by molar-refractivity contribution is -0.120. The van der Waals surface area contributed by atoms with E-state index in [1.54, 1.807) is 22.2 Å². The largest absolute Gasteiger partial charge is 0.354 e. The van der Waals surface area contributed by atoms with Crippen LogP contribution in [0.2, 0.25) is 0 Å². The molecule has 5 rings (SSSR count). The molecule has 1 aliphatic carbocycles. The molecule has 1 N–H and O–H groups in total. The minimum atomic E-state index is -0.0720. The first kappa shape index (κ1) is 18.2. The predicted molar refractivity (Wildman–Crippen MR) is 111 cm³/mol. The number of anilines is 2. The Hall–Kier alpha value is -2.81. The minimum Gasteiger partial charge on any atom is -0.354 e. The summed E-state index contributed by atoms with van der Waals surface area (Å²) in [5.41, 5.74) is 1.18. The molecule has 9 heteroatoms. The van der Waals surface area contributed by atoms with E-state index in [1.165, 1.54) is 23.4 Å². The Morgan fingerprint density at radius 3 is 2.79 bits per heavy atom. The van der Waals surface area contributed by atoms with Crippen LogP contribution in [-0.2, 0) is 17.6 Å². The van der Waals surface area contributed by atoms with Crippen molar-refractivity contribution < 1.29 is 4.79 Å². The van der Waals surface area contributed by atoms with Crippen LogP contribution in [0.25, 0.3) is 5.82 Å². The molecule has 1 atom stereocenters. The van der Waals surface area contributed by atoms with Crippen molar-refractivity contribution in [3.05, 3.63) is 41.2 Å². The molecule has 0 bridgehead atoms. The molecule has 0 aromatic carbocycles. The molecule has 1 aliphatic heterocycles. The number of carbonyl (C=O) groups excluding carboxylic acids is 1. The Labute approximate surface area is 173 Å². The summed E-state index contributed by atoms with van der Waals surface area (Å²) in [6.45, 7) is 1.53. The van der Waals surface area contributed by atoms with E-state index in [1.807, 2.05) is 24.4 Å². The summed E-state index contributed by atoms with van der Waals surface area (Å²) in [7, 11) is 0. The maximum absolute atomic E-state index is 12.8. The van der Waals surface area contributed by atoms with Gasteiger partial charge in [-0.15, -0.1) is 21.5 Å². The van der Waals surface area contributed by atoms with Crippen LogP contribution < -0.4 is 10.2 Å². The number of rotatable bonds is 4. The summed E-state index contributed by atoms with van der Waals surface area (Å²) in [5.74, 6) is 1.46. The first-order valence-corrected chi connectivity index (χ1v) is 11.0. The van der Waals surface area contributed by atoms with E-state index in [2.05, 4.69) is 30.5 Å². The number of hydrogen-bond donors (Lipinski definition) is 1. The van der Waals surface area contributed by atoms with Crippen LogP contribution in [0.15, 0.2) is 30.6 Å². The summed E-state index contributed by atoms with van der Waals surface area (Å²) in [6, 6.07) is 5.70. The van der Waals surface area contributed by atoms with Gasteiger partial charge in [0.1, 0.15) is 0 Å². The van der Waals surface area contributed by atoms with Crippen LogP contribution in [-0.4, -0.2) is 44.0 Å². The molecule has 1 amide bonds. The van der Waals surface area contributed by atoms with Gasteiger partial charge in [-0.1, -0.05) is 0 Å². The van der Waals surface area contributed by atoms with E-state index >= 15 is 0 Å². The fourth-order valence-electron chi connectivity index (χ4n) is 4.03. The van der Waals surface area contributed by atoms with Gasteiger partial charge in [0.2, 0.25) is 5.91 Å². The molecule has 1 fully saturated rings. The summed E-state index contributed by atoms with van der Waals surface area (Å²) >= 11 is 1.64. The lowest BCUT2D eigenvalue weighted by Crippen LogP contribution is -2.41. The number of thiazole rings is 1.